The molecule has 0 fully saturated rings. The lowest BCUT2D eigenvalue weighted by atomic mass is 10.2. The summed E-state index contributed by atoms with van der Waals surface area (Å²) in [4.78, 5) is 6.43. The summed E-state index contributed by atoms with van der Waals surface area (Å²) in [6.07, 6.45) is 1.73. The number of aliphatic hydroxyl groups is 1. The minimum absolute atomic E-state index is 0.0541. The highest BCUT2D eigenvalue weighted by atomic mass is 16.5. The van der Waals surface area contributed by atoms with Crippen LogP contribution in [0, 0.1) is 0 Å². The Morgan fingerprint density at radius 3 is 2.88 bits per heavy atom. The number of hydrogen-bond donors (Lipinski definition) is 1. The highest BCUT2D eigenvalue weighted by Crippen LogP contribution is 2.12. The maximum absolute atomic E-state index is 9.06. The standard InChI is InChI=1S/C12H20N2O2/c1-3-14(7-8-16-4-2)12-9-11(10-15)5-6-13-12/h5-6,9,15H,3-4,7-8,10H2,1-2H3. The first kappa shape index (κ1) is 12.9. The van der Waals surface area contributed by atoms with E-state index < -0.39 is 0 Å². The summed E-state index contributed by atoms with van der Waals surface area (Å²) in [7, 11) is 0. The van der Waals surface area contributed by atoms with E-state index in [9.17, 15) is 0 Å². The molecular weight excluding hydrogens is 204 g/mol. The fourth-order valence-corrected chi connectivity index (χ4v) is 1.49. The predicted molar refractivity (Wildman–Crippen MR) is 64.5 cm³/mol. The molecule has 0 aliphatic rings. The highest BCUT2D eigenvalue weighted by molar-refractivity contribution is 5.40. The molecule has 1 heterocycles. The van der Waals surface area contributed by atoms with Gasteiger partial charge in [0, 0.05) is 25.9 Å². The van der Waals surface area contributed by atoms with Gasteiger partial charge in [0.25, 0.3) is 0 Å². The fraction of sp³-hybridized carbons (Fsp3) is 0.583. The third-order valence-corrected chi connectivity index (χ3v) is 2.41. The number of nitrogens with zero attached hydrogens (tertiary/aromatic N) is 2. The van der Waals surface area contributed by atoms with E-state index in [2.05, 4.69) is 16.8 Å². The van der Waals surface area contributed by atoms with Crippen LogP contribution in [0.15, 0.2) is 18.3 Å². The quantitative estimate of drug-likeness (QED) is 0.712. The van der Waals surface area contributed by atoms with Crippen molar-refractivity contribution in [2.24, 2.45) is 0 Å². The average Bonchev–Trinajstić information content (AvgIpc) is 2.35. The second-order valence-electron chi connectivity index (χ2n) is 3.46. The van der Waals surface area contributed by atoms with Gasteiger partial charge in [-0.05, 0) is 31.5 Å². The van der Waals surface area contributed by atoms with Crippen molar-refractivity contribution >= 4 is 5.82 Å². The molecule has 1 rings (SSSR count). The van der Waals surface area contributed by atoms with Crippen molar-refractivity contribution in [3.05, 3.63) is 23.9 Å². The Kier molecular flexibility index (Phi) is 5.82. The molecule has 0 amide bonds. The zero-order valence-corrected chi connectivity index (χ0v) is 10.0. The first-order chi connectivity index (χ1) is 7.81. The molecule has 0 bridgehead atoms. The van der Waals surface area contributed by atoms with Gasteiger partial charge < -0.3 is 14.7 Å². The van der Waals surface area contributed by atoms with E-state index in [4.69, 9.17) is 9.84 Å². The van der Waals surface area contributed by atoms with Gasteiger partial charge in [0.15, 0.2) is 0 Å². The van der Waals surface area contributed by atoms with Gasteiger partial charge in [0.2, 0.25) is 0 Å². The Bertz CT molecular complexity index is 305. The van der Waals surface area contributed by atoms with Gasteiger partial charge in [-0.25, -0.2) is 4.98 Å². The third kappa shape index (κ3) is 3.79. The number of ether oxygens (including phenoxy) is 1. The van der Waals surface area contributed by atoms with Crippen molar-refractivity contribution in [1.29, 1.82) is 0 Å². The topological polar surface area (TPSA) is 45.6 Å². The molecule has 4 nitrogen and oxygen atoms in total. The number of hydrogen-bond acceptors (Lipinski definition) is 4. The van der Waals surface area contributed by atoms with Crippen LogP contribution in [0.1, 0.15) is 19.4 Å². The first-order valence-corrected chi connectivity index (χ1v) is 5.70. The van der Waals surface area contributed by atoms with E-state index in [-0.39, 0.29) is 6.61 Å². The minimum Gasteiger partial charge on any atom is -0.392 e. The summed E-state index contributed by atoms with van der Waals surface area (Å²) >= 11 is 0. The number of pyridine rings is 1. The van der Waals surface area contributed by atoms with Crippen LogP contribution in [0.4, 0.5) is 5.82 Å². The second kappa shape index (κ2) is 7.19. The van der Waals surface area contributed by atoms with Gasteiger partial charge in [-0.1, -0.05) is 0 Å². The van der Waals surface area contributed by atoms with Crippen molar-refractivity contribution in [3.8, 4) is 0 Å². The Balaban J connectivity index is 2.62. The number of aliphatic hydroxyl groups excluding tert-OH is 1. The molecule has 0 unspecified atom stereocenters. The molecule has 0 spiro atoms. The van der Waals surface area contributed by atoms with Gasteiger partial charge in [-0.2, -0.15) is 0 Å². The van der Waals surface area contributed by atoms with Crippen molar-refractivity contribution in [1.82, 2.24) is 4.98 Å². The SMILES string of the molecule is CCOCCN(CC)c1cc(CO)ccn1. The van der Waals surface area contributed by atoms with Crippen molar-refractivity contribution in [2.75, 3.05) is 31.2 Å². The predicted octanol–water partition coefficient (Wildman–Crippen LogP) is 1.44. The smallest absolute Gasteiger partial charge is 0.128 e. The molecule has 16 heavy (non-hydrogen) atoms. The molecular formula is C12H20N2O2. The summed E-state index contributed by atoms with van der Waals surface area (Å²) in [5, 5.41) is 9.06. The molecule has 0 atom stereocenters. The monoisotopic (exact) mass is 224 g/mol. The van der Waals surface area contributed by atoms with E-state index in [0.717, 1.165) is 31.1 Å². The molecule has 1 aromatic rings. The summed E-state index contributed by atoms with van der Waals surface area (Å²) in [5.41, 5.74) is 0.889. The van der Waals surface area contributed by atoms with E-state index in [1.807, 2.05) is 19.1 Å². The molecule has 4 heteroatoms. The van der Waals surface area contributed by atoms with Crippen molar-refractivity contribution in [2.45, 2.75) is 20.5 Å². The Morgan fingerprint density at radius 2 is 2.25 bits per heavy atom. The van der Waals surface area contributed by atoms with Crippen LogP contribution < -0.4 is 4.90 Å². The van der Waals surface area contributed by atoms with Crippen LogP contribution >= 0.6 is 0 Å². The van der Waals surface area contributed by atoms with Crippen LogP contribution in [-0.2, 0) is 11.3 Å². The van der Waals surface area contributed by atoms with E-state index in [1.165, 1.54) is 0 Å². The summed E-state index contributed by atoms with van der Waals surface area (Å²) in [6, 6.07) is 3.73. The van der Waals surface area contributed by atoms with E-state index in [1.54, 1.807) is 6.20 Å². The maximum Gasteiger partial charge on any atom is 0.128 e. The second-order valence-corrected chi connectivity index (χ2v) is 3.46. The lowest BCUT2D eigenvalue weighted by molar-refractivity contribution is 0.154. The Hall–Kier alpha value is -1.13. The lowest BCUT2D eigenvalue weighted by Crippen LogP contribution is -2.28. The fourth-order valence-electron chi connectivity index (χ4n) is 1.49. The molecule has 0 aromatic carbocycles. The van der Waals surface area contributed by atoms with E-state index >= 15 is 0 Å². The number of likely N-dealkylation sites (N-methyl/N-ethyl adjacent to an activating group) is 1. The molecule has 0 saturated carbocycles. The normalized spacial score (nSPS) is 10.4. The molecule has 0 aliphatic carbocycles. The molecule has 1 aromatic heterocycles. The van der Waals surface area contributed by atoms with Gasteiger partial charge in [0.1, 0.15) is 5.82 Å². The van der Waals surface area contributed by atoms with Gasteiger partial charge in [0.05, 0.1) is 13.2 Å². The zero-order chi connectivity index (χ0) is 11.8. The van der Waals surface area contributed by atoms with Gasteiger partial charge >= 0.3 is 0 Å². The maximum atomic E-state index is 9.06. The van der Waals surface area contributed by atoms with Crippen LogP contribution in [0.25, 0.3) is 0 Å². The average molecular weight is 224 g/mol. The molecule has 1 N–H and O–H groups in total. The Labute approximate surface area is 96.9 Å². The van der Waals surface area contributed by atoms with E-state index in [0.29, 0.717) is 6.61 Å². The zero-order valence-electron chi connectivity index (χ0n) is 10.0. The highest BCUT2D eigenvalue weighted by Gasteiger charge is 2.05. The number of aromatic nitrogens is 1. The van der Waals surface area contributed by atoms with Crippen LogP contribution in [0.3, 0.4) is 0 Å². The largest absolute Gasteiger partial charge is 0.392 e. The minimum atomic E-state index is 0.0541. The summed E-state index contributed by atoms with van der Waals surface area (Å²) in [5.74, 6) is 0.897. The lowest BCUT2D eigenvalue weighted by Gasteiger charge is -2.22. The summed E-state index contributed by atoms with van der Waals surface area (Å²) in [6.45, 7) is 7.27. The van der Waals surface area contributed by atoms with Gasteiger partial charge in [-0.3, -0.25) is 0 Å². The first-order valence-electron chi connectivity index (χ1n) is 5.70. The molecule has 0 saturated heterocycles. The Morgan fingerprint density at radius 1 is 1.44 bits per heavy atom. The van der Waals surface area contributed by atoms with Crippen molar-refractivity contribution in [3.63, 3.8) is 0 Å². The van der Waals surface area contributed by atoms with Crippen LogP contribution in [-0.4, -0.2) is 36.4 Å². The molecule has 0 radical (unpaired) electrons. The van der Waals surface area contributed by atoms with Gasteiger partial charge in [-0.15, -0.1) is 0 Å². The van der Waals surface area contributed by atoms with Crippen LogP contribution in [0.2, 0.25) is 0 Å². The molecule has 0 aliphatic heterocycles. The summed E-state index contributed by atoms with van der Waals surface area (Å²) < 4.78 is 5.33. The van der Waals surface area contributed by atoms with Crippen LogP contribution in [0.5, 0.6) is 0 Å². The van der Waals surface area contributed by atoms with Crippen molar-refractivity contribution < 1.29 is 9.84 Å². The number of rotatable bonds is 7. The number of anilines is 1. The third-order valence-electron chi connectivity index (χ3n) is 2.41. The molecule has 90 valence electrons.